The molecule has 3 aliphatic rings. The Balaban J connectivity index is 1.13. The Labute approximate surface area is 591 Å². The van der Waals surface area contributed by atoms with Crippen LogP contribution < -0.4 is 65.5 Å². The summed E-state index contributed by atoms with van der Waals surface area (Å²) < 4.78 is 0. The molecule has 546 valence electrons. The number of amides is 10. The van der Waals surface area contributed by atoms with Gasteiger partial charge in [0.15, 0.2) is 5.96 Å². The molecule has 0 aliphatic carbocycles. The van der Waals surface area contributed by atoms with Crippen molar-refractivity contribution in [1.82, 2.24) is 62.3 Å². The first-order valence-electron chi connectivity index (χ1n) is 35.2. The van der Waals surface area contributed by atoms with Gasteiger partial charge in [0.1, 0.15) is 71.9 Å². The number of aliphatic imine (C=N–C) groups is 1. The summed E-state index contributed by atoms with van der Waals surface area (Å²) in [6.07, 6.45) is 5.55. The van der Waals surface area contributed by atoms with Crippen LogP contribution in [0.1, 0.15) is 113 Å². The number of carbonyl (C=O) groups is 10. The first-order valence-corrected chi connectivity index (χ1v) is 35.2. The maximum absolute atomic E-state index is 15.6. The lowest BCUT2D eigenvalue weighted by molar-refractivity contribution is -0.148. The van der Waals surface area contributed by atoms with E-state index >= 15 is 33.6 Å². The van der Waals surface area contributed by atoms with E-state index in [2.05, 4.69) is 57.5 Å². The summed E-state index contributed by atoms with van der Waals surface area (Å²) in [4.78, 5) is 165. The Kier molecular flexibility index (Phi) is 26.8. The van der Waals surface area contributed by atoms with Gasteiger partial charge in [0.2, 0.25) is 59.1 Å². The monoisotopic (exact) mass is 1400 g/mol. The highest BCUT2D eigenvalue weighted by Gasteiger charge is 2.45. The van der Waals surface area contributed by atoms with Crippen LogP contribution in [0.15, 0.2) is 114 Å². The minimum Gasteiger partial charge on any atom is -0.508 e. The maximum atomic E-state index is 15.6. The number of hydrogen-bond donors (Lipinski definition) is 16. The number of carbonyl (C=O) groups excluding carboxylic acids is 10. The van der Waals surface area contributed by atoms with Crippen LogP contribution in [0.3, 0.4) is 0 Å². The number of aromatic nitrogens is 2. The fourth-order valence-electron chi connectivity index (χ4n) is 13.6. The molecule has 29 heteroatoms. The number of benzene rings is 4. The second kappa shape index (κ2) is 36.2. The van der Waals surface area contributed by atoms with Crippen LogP contribution in [-0.2, 0) is 73.6 Å². The van der Waals surface area contributed by atoms with Crippen molar-refractivity contribution in [3.05, 3.63) is 132 Å². The van der Waals surface area contributed by atoms with E-state index in [1.165, 1.54) is 34.1 Å². The van der Waals surface area contributed by atoms with Crippen LogP contribution in [-0.4, -0.2) is 188 Å². The molecule has 10 amide bonds. The summed E-state index contributed by atoms with van der Waals surface area (Å²) in [5, 5.41) is 45.0. The molecule has 6 aromatic rings. The third-order valence-electron chi connectivity index (χ3n) is 19.1. The first kappa shape index (κ1) is 75.6. The van der Waals surface area contributed by atoms with Gasteiger partial charge in [-0.2, -0.15) is 0 Å². The molecule has 3 fully saturated rings. The predicted octanol–water partition coefficient (Wildman–Crippen LogP) is 1.17. The Morgan fingerprint density at radius 3 is 1.32 bits per heavy atom. The molecule has 10 atom stereocenters. The highest BCUT2D eigenvalue weighted by atomic mass is 16.3. The molecule has 0 spiro atoms. The number of phenols is 2. The van der Waals surface area contributed by atoms with E-state index in [-0.39, 0.29) is 114 Å². The molecule has 102 heavy (non-hydrogen) atoms. The summed E-state index contributed by atoms with van der Waals surface area (Å²) >= 11 is 0. The number of aromatic amines is 2. The summed E-state index contributed by atoms with van der Waals surface area (Å²) in [6.45, 7) is 4.02. The second-order valence-electron chi connectivity index (χ2n) is 26.9. The van der Waals surface area contributed by atoms with Gasteiger partial charge in [0, 0.05) is 79.5 Å². The minimum absolute atomic E-state index is 0.00548. The zero-order chi connectivity index (χ0) is 73.0. The molecule has 29 nitrogen and oxygen atoms in total. The quantitative estimate of drug-likeness (QED) is 0.0273. The SMILES string of the molecule is CC(C)[C@@H]1NC(=O)[C@H](Cc2ccc(O)cc2)NC(=O)[C@H](Cc2c[nH]c3ccccc23)NC(=O)[C@@H]2CCCN2C(=O)[C@H]2CCCN2C(=O)[C@H](Cc2c[nH]c3ccccc23)NC(=O)[C@H](Cc2ccc(O)cc2)NC(=O)[C@H](CCCCN)NC(=O)[C@H](CCCCN)NC(=O)[C@H](CCCN=C(N)N)NC1=O. The maximum Gasteiger partial charge on any atom is 0.246 e. The third-order valence-corrected chi connectivity index (χ3v) is 19.1. The largest absolute Gasteiger partial charge is 0.508 e. The van der Waals surface area contributed by atoms with E-state index in [1.807, 2.05) is 48.5 Å². The van der Waals surface area contributed by atoms with Gasteiger partial charge in [-0.3, -0.25) is 52.9 Å². The molecule has 9 rings (SSSR count). The summed E-state index contributed by atoms with van der Waals surface area (Å²) in [5.41, 5.74) is 27.0. The lowest BCUT2D eigenvalue weighted by Crippen LogP contribution is -2.62. The van der Waals surface area contributed by atoms with Gasteiger partial charge in [0.25, 0.3) is 0 Å². The third kappa shape index (κ3) is 20.1. The molecule has 3 aliphatic heterocycles. The fourth-order valence-corrected chi connectivity index (χ4v) is 13.6. The van der Waals surface area contributed by atoms with Crippen molar-refractivity contribution >= 4 is 86.8 Å². The topological polar surface area (TPSA) is 462 Å². The molecule has 2 aromatic heterocycles. The number of unbranched alkanes of at least 4 members (excludes halogenated alkanes) is 2. The number of H-pyrrole nitrogens is 2. The minimum atomic E-state index is -1.46. The molecule has 5 heterocycles. The lowest BCUT2D eigenvalue weighted by Gasteiger charge is -2.34. The second-order valence-corrected chi connectivity index (χ2v) is 26.9. The van der Waals surface area contributed by atoms with Crippen LogP contribution in [0.2, 0.25) is 0 Å². The summed E-state index contributed by atoms with van der Waals surface area (Å²) in [5.74, 6) is -8.57. The number of nitrogens with two attached hydrogens (primary N) is 4. The highest BCUT2D eigenvalue weighted by molar-refractivity contribution is 6.01. The van der Waals surface area contributed by atoms with Gasteiger partial charge in [-0.1, -0.05) is 74.5 Å². The van der Waals surface area contributed by atoms with E-state index in [1.54, 1.807) is 50.5 Å². The van der Waals surface area contributed by atoms with E-state index in [9.17, 15) is 24.6 Å². The Hall–Kier alpha value is -10.5. The smallest absolute Gasteiger partial charge is 0.246 e. The van der Waals surface area contributed by atoms with E-state index in [4.69, 9.17) is 22.9 Å². The van der Waals surface area contributed by atoms with Crippen molar-refractivity contribution in [3.8, 4) is 11.5 Å². The molecule has 4 aromatic carbocycles. The van der Waals surface area contributed by atoms with Crippen LogP contribution >= 0.6 is 0 Å². The summed E-state index contributed by atoms with van der Waals surface area (Å²) in [7, 11) is 0. The molecular formula is C73H97N17O12. The van der Waals surface area contributed by atoms with Crippen molar-refractivity contribution in [3.63, 3.8) is 0 Å². The van der Waals surface area contributed by atoms with E-state index < -0.39 is 125 Å². The van der Waals surface area contributed by atoms with Gasteiger partial charge in [-0.25, -0.2) is 0 Å². The average Bonchev–Trinajstić information content (AvgIpc) is 1.61. The van der Waals surface area contributed by atoms with Crippen LogP contribution in [0.5, 0.6) is 11.5 Å². The van der Waals surface area contributed by atoms with Gasteiger partial charge in [-0.05, 0) is 155 Å². The number of nitrogens with zero attached hydrogens (tertiary/aromatic N) is 3. The Bertz CT molecular complexity index is 3950. The number of hydrogen-bond acceptors (Lipinski definition) is 15. The van der Waals surface area contributed by atoms with Crippen LogP contribution in [0, 0.1) is 5.92 Å². The van der Waals surface area contributed by atoms with Crippen LogP contribution in [0.25, 0.3) is 21.8 Å². The zero-order valence-corrected chi connectivity index (χ0v) is 57.7. The van der Waals surface area contributed by atoms with Crippen LogP contribution in [0.4, 0.5) is 0 Å². The molecular weight excluding hydrogens is 1310 g/mol. The predicted molar refractivity (Wildman–Crippen MR) is 383 cm³/mol. The average molecular weight is 1400 g/mol. The molecule has 0 bridgehead atoms. The Morgan fingerprint density at radius 2 is 0.843 bits per heavy atom. The number of phenolic OH excluding ortho intramolecular Hbond substituents is 2. The normalized spacial score (nSPS) is 23.5. The molecule has 0 unspecified atom stereocenters. The number of para-hydroxylation sites is 2. The van der Waals surface area contributed by atoms with Crippen molar-refractivity contribution in [1.29, 1.82) is 0 Å². The van der Waals surface area contributed by atoms with Gasteiger partial charge < -0.3 is 95.4 Å². The highest BCUT2D eigenvalue weighted by Crippen LogP contribution is 2.29. The number of guanidine groups is 1. The first-order chi connectivity index (χ1) is 49.1. The number of fused-ring (bicyclic) bond motifs is 4. The van der Waals surface area contributed by atoms with Crippen molar-refractivity contribution < 1.29 is 58.2 Å². The van der Waals surface area contributed by atoms with Gasteiger partial charge in [0.05, 0.1) is 0 Å². The van der Waals surface area contributed by atoms with Crippen molar-refractivity contribution in [2.24, 2.45) is 33.8 Å². The lowest BCUT2D eigenvalue weighted by atomic mass is 9.99. The van der Waals surface area contributed by atoms with E-state index in [0.717, 1.165) is 21.8 Å². The van der Waals surface area contributed by atoms with E-state index in [0.29, 0.717) is 60.8 Å². The molecule has 20 N–H and O–H groups in total. The zero-order valence-electron chi connectivity index (χ0n) is 57.7. The Morgan fingerprint density at radius 1 is 0.451 bits per heavy atom. The van der Waals surface area contributed by atoms with Crippen molar-refractivity contribution in [2.75, 3.05) is 32.7 Å². The van der Waals surface area contributed by atoms with Gasteiger partial charge in [-0.15, -0.1) is 0 Å². The molecule has 3 saturated heterocycles. The van der Waals surface area contributed by atoms with Crippen molar-refractivity contribution in [2.45, 2.75) is 177 Å². The number of nitrogens with one attached hydrogen (secondary N) is 10. The van der Waals surface area contributed by atoms with Gasteiger partial charge >= 0.3 is 0 Å². The molecule has 0 saturated carbocycles. The fraction of sp³-hybridized carbons (Fsp3) is 0.466. The molecule has 0 radical (unpaired) electrons. The number of rotatable bonds is 21. The summed E-state index contributed by atoms with van der Waals surface area (Å²) in [6, 6.07) is 13.2. The number of aromatic hydroxyl groups is 2. The standard InChI is InChI=1S/C73H97N17O12/c1-42(2)62-70(100)83-55(20-11-33-78-73(76)77)64(94)81-53(18-7-9-31-74)63(93)82-54(19-8-10-32-75)65(95)84-56(36-43-23-27-47(91)28-24-43)66(96)87-59(39-46-41-80-52-17-6-4-15-50(46)52)71(101)90-35-13-22-61(90)72(102)89-34-12-21-60(89)69(99)86-58(38-45-40-79-51-16-5-3-14-49(45)51)67(97)85-57(68(98)88-62)37-44-25-29-48(92)30-26-44/h3-6,14-17,23-30,40-42,53-62,79-80,91-92H,7-13,18-22,31-39,74-75H2,1-2H3,(H,81,94)(H,82,93)(H,83,100)(H,84,95)(H,85,97)(H,86,99)(H,87,96)(H,88,98)(H4,76,77,78)/t53-,54-,55-,56-,57-,58-,59-,60-,61+,62-/m0/s1.